The molecule has 30 heavy (non-hydrogen) atoms. The van der Waals surface area contributed by atoms with Crippen molar-refractivity contribution in [1.29, 1.82) is 0 Å². The maximum Gasteiger partial charge on any atom is 0.0701 e. The van der Waals surface area contributed by atoms with Gasteiger partial charge in [0.15, 0.2) is 0 Å². The van der Waals surface area contributed by atoms with Crippen molar-refractivity contribution in [3.05, 3.63) is 84.7 Å². The number of hydrogen-bond acceptors (Lipinski definition) is 3. The molecule has 1 aliphatic rings. The Balaban J connectivity index is 1.64. The second-order valence-electron chi connectivity index (χ2n) is 9.54. The first-order valence-corrected chi connectivity index (χ1v) is 10.8. The number of benzene rings is 1. The van der Waals surface area contributed by atoms with Crippen LogP contribution >= 0.6 is 0 Å². The molecular weight excluding hydrogens is 366 g/mol. The number of rotatable bonds is 6. The third-order valence-corrected chi connectivity index (χ3v) is 5.55. The van der Waals surface area contributed by atoms with Crippen molar-refractivity contribution in [2.75, 3.05) is 0 Å². The van der Waals surface area contributed by atoms with Gasteiger partial charge < -0.3 is 10.6 Å². The number of nitrogens with one attached hydrogen (secondary N) is 2. The Labute approximate surface area is 182 Å². The highest BCUT2D eigenvalue weighted by molar-refractivity contribution is 5.74. The lowest BCUT2D eigenvalue weighted by atomic mass is 9.79. The van der Waals surface area contributed by atoms with Crippen LogP contribution in [0.15, 0.2) is 79.2 Å². The van der Waals surface area contributed by atoms with Gasteiger partial charge in [-0.15, -0.1) is 0 Å². The van der Waals surface area contributed by atoms with E-state index in [1.54, 1.807) is 0 Å². The number of hydrogen-bond donors (Lipinski definition) is 2. The van der Waals surface area contributed by atoms with Crippen LogP contribution in [-0.2, 0) is 0 Å². The Morgan fingerprint density at radius 3 is 2.27 bits per heavy atom. The van der Waals surface area contributed by atoms with Gasteiger partial charge in [-0.05, 0) is 76.8 Å². The number of piperidine rings is 1. The molecule has 0 amide bonds. The predicted octanol–water partition coefficient (Wildman–Crippen LogP) is 6.12. The molecule has 0 aliphatic carbocycles. The molecule has 3 heteroatoms. The van der Waals surface area contributed by atoms with E-state index in [1.165, 1.54) is 0 Å². The van der Waals surface area contributed by atoms with Crippen molar-refractivity contribution in [2.45, 2.75) is 64.6 Å². The van der Waals surface area contributed by atoms with Gasteiger partial charge in [0.1, 0.15) is 0 Å². The first-order chi connectivity index (χ1) is 14.2. The van der Waals surface area contributed by atoms with Crippen molar-refractivity contribution >= 4 is 5.57 Å². The Kier molecular flexibility index (Phi) is 6.62. The van der Waals surface area contributed by atoms with Crippen molar-refractivity contribution in [3.8, 4) is 11.3 Å². The normalized spacial score (nSPS) is 19.0. The van der Waals surface area contributed by atoms with Crippen LogP contribution in [0.2, 0.25) is 0 Å². The van der Waals surface area contributed by atoms with Gasteiger partial charge in [0, 0.05) is 34.6 Å². The number of pyridine rings is 1. The molecule has 1 fully saturated rings. The summed E-state index contributed by atoms with van der Waals surface area (Å²) in [6.07, 6.45) is 10.4. The zero-order chi connectivity index (χ0) is 21.8. The van der Waals surface area contributed by atoms with Crippen molar-refractivity contribution in [2.24, 2.45) is 0 Å². The van der Waals surface area contributed by atoms with Gasteiger partial charge in [-0.2, -0.15) is 0 Å². The molecule has 0 saturated carbocycles. The van der Waals surface area contributed by atoms with E-state index in [1.807, 2.05) is 24.4 Å². The molecule has 2 aromatic rings. The number of allylic oxidation sites excluding steroid dienone is 4. The largest absolute Gasteiger partial charge is 0.382 e. The molecule has 0 bridgehead atoms. The highest BCUT2D eigenvalue weighted by Gasteiger charge is 2.37. The fraction of sp³-hybridized carbons (Fsp3) is 0.370. The maximum absolute atomic E-state index is 4.41. The van der Waals surface area contributed by atoms with Gasteiger partial charge >= 0.3 is 0 Å². The molecule has 0 radical (unpaired) electrons. The second-order valence-corrected chi connectivity index (χ2v) is 9.54. The molecule has 2 heterocycles. The predicted molar refractivity (Wildman–Crippen MR) is 129 cm³/mol. The smallest absolute Gasteiger partial charge is 0.0701 e. The minimum absolute atomic E-state index is 0.126. The highest BCUT2D eigenvalue weighted by Crippen LogP contribution is 2.29. The molecule has 1 aliphatic heterocycles. The van der Waals surface area contributed by atoms with Crippen LogP contribution < -0.4 is 10.6 Å². The monoisotopic (exact) mass is 401 g/mol. The van der Waals surface area contributed by atoms with Gasteiger partial charge in [-0.3, -0.25) is 4.98 Å². The van der Waals surface area contributed by atoms with Crippen molar-refractivity contribution in [3.63, 3.8) is 0 Å². The van der Waals surface area contributed by atoms with E-state index in [0.717, 1.165) is 40.9 Å². The summed E-state index contributed by atoms with van der Waals surface area (Å²) in [5.74, 6) is 0. The van der Waals surface area contributed by atoms with Gasteiger partial charge in [-0.1, -0.05) is 49.1 Å². The quantitative estimate of drug-likeness (QED) is 0.573. The summed E-state index contributed by atoms with van der Waals surface area (Å²) in [5.41, 5.74) is 5.60. The van der Waals surface area contributed by atoms with Crippen LogP contribution in [0.5, 0.6) is 0 Å². The molecular formula is C27H35N3. The van der Waals surface area contributed by atoms with E-state index in [-0.39, 0.29) is 11.1 Å². The molecule has 3 rings (SSSR count). The molecule has 0 spiro atoms. The topological polar surface area (TPSA) is 37.0 Å². The fourth-order valence-electron chi connectivity index (χ4n) is 4.56. The van der Waals surface area contributed by atoms with Crippen LogP contribution in [0.4, 0.5) is 0 Å². The number of aromatic nitrogens is 1. The van der Waals surface area contributed by atoms with E-state index >= 15 is 0 Å². The van der Waals surface area contributed by atoms with Crippen LogP contribution in [0.1, 0.15) is 53.0 Å². The van der Waals surface area contributed by atoms with Crippen LogP contribution in [-0.4, -0.2) is 22.1 Å². The zero-order valence-corrected chi connectivity index (χ0v) is 19.0. The average Bonchev–Trinajstić information content (AvgIpc) is 2.69. The first kappa shape index (κ1) is 22.0. The summed E-state index contributed by atoms with van der Waals surface area (Å²) in [7, 11) is 0. The molecule has 0 atom stereocenters. The lowest BCUT2D eigenvalue weighted by Gasteiger charge is -2.47. The van der Waals surface area contributed by atoms with Crippen LogP contribution in [0.3, 0.4) is 0 Å². The van der Waals surface area contributed by atoms with Crippen LogP contribution in [0, 0.1) is 0 Å². The summed E-state index contributed by atoms with van der Waals surface area (Å²) in [6.45, 7) is 15.5. The Bertz CT molecular complexity index is 902. The first-order valence-electron chi connectivity index (χ1n) is 10.8. The summed E-state index contributed by atoms with van der Waals surface area (Å²) < 4.78 is 0. The lowest BCUT2D eigenvalue weighted by molar-refractivity contribution is 0.152. The maximum atomic E-state index is 4.41. The molecule has 1 aromatic heterocycles. The fourth-order valence-corrected chi connectivity index (χ4v) is 4.56. The van der Waals surface area contributed by atoms with Gasteiger partial charge in [0.05, 0.1) is 5.69 Å². The van der Waals surface area contributed by atoms with Crippen LogP contribution in [0.25, 0.3) is 16.8 Å². The van der Waals surface area contributed by atoms with E-state index in [4.69, 9.17) is 0 Å². The molecule has 1 saturated heterocycles. The van der Waals surface area contributed by atoms with Crippen molar-refractivity contribution in [1.82, 2.24) is 15.6 Å². The van der Waals surface area contributed by atoms with E-state index in [2.05, 4.69) is 99.3 Å². The zero-order valence-electron chi connectivity index (χ0n) is 19.0. The third-order valence-electron chi connectivity index (χ3n) is 5.55. The van der Waals surface area contributed by atoms with Gasteiger partial charge in [0.25, 0.3) is 0 Å². The highest BCUT2D eigenvalue weighted by atomic mass is 15.1. The SMILES string of the molecule is C=C(/C=C\C(=C/C)NC1CC(C)(C)NC(C)(C)C1)c1ccc(-c2ccccn2)cc1. The lowest BCUT2D eigenvalue weighted by Crippen LogP contribution is -2.61. The molecule has 1 aromatic carbocycles. The standard InChI is InChI=1S/C27H35N3/c1-7-23(29-24-18-26(3,4)30-27(5,6)19-24)16-11-20(2)21-12-14-22(15-13-21)25-10-8-9-17-28-25/h7-17,24,29-30H,2,18-19H2,1,3-6H3/b16-11-,23-7+. The molecule has 3 nitrogen and oxygen atoms in total. The Morgan fingerprint density at radius 2 is 1.70 bits per heavy atom. The minimum Gasteiger partial charge on any atom is -0.382 e. The Hall–Kier alpha value is -2.65. The van der Waals surface area contributed by atoms with Gasteiger partial charge in [0.2, 0.25) is 0 Å². The summed E-state index contributed by atoms with van der Waals surface area (Å²) >= 11 is 0. The number of nitrogens with zero attached hydrogens (tertiary/aromatic N) is 1. The summed E-state index contributed by atoms with van der Waals surface area (Å²) in [6, 6.07) is 14.8. The molecule has 2 N–H and O–H groups in total. The second kappa shape index (κ2) is 9.01. The molecule has 0 unspecified atom stereocenters. The Morgan fingerprint density at radius 1 is 1.03 bits per heavy atom. The van der Waals surface area contributed by atoms with E-state index in [0.29, 0.717) is 6.04 Å². The average molecular weight is 402 g/mol. The van der Waals surface area contributed by atoms with Crippen molar-refractivity contribution < 1.29 is 0 Å². The minimum atomic E-state index is 0.126. The third kappa shape index (κ3) is 5.93. The van der Waals surface area contributed by atoms with E-state index < -0.39 is 0 Å². The summed E-state index contributed by atoms with van der Waals surface area (Å²) in [5, 5.41) is 7.48. The molecule has 158 valence electrons. The van der Waals surface area contributed by atoms with E-state index in [9.17, 15) is 0 Å². The van der Waals surface area contributed by atoms with Gasteiger partial charge in [-0.25, -0.2) is 0 Å². The summed E-state index contributed by atoms with van der Waals surface area (Å²) in [4.78, 5) is 4.41.